The van der Waals surface area contributed by atoms with Crippen LogP contribution in [-0.2, 0) is 11.4 Å². The van der Waals surface area contributed by atoms with Crippen LogP contribution >= 0.6 is 27.5 Å². The molecule has 1 atom stereocenters. The number of amides is 2. The van der Waals surface area contributed by atoms with Crippen molar-refractivity contribution in [3.8, 4) is 11.5 Å². The lowest BCUT2D eigenvalue weighted by molar-refractivity contribution is -0.123. The predicted molar refractivity (Wildman–Crippen MR) is 149 cm³/mol. The van der Waals surface area contributed by atoms with E-state index >= 15 is 0 Å². The van der Waals surface area contributed by atoms with Gasteiger partial charge in [0.05, 0.1) is 17.3 Å². The molecule has 0 aliphatic heterocycles. The summed E-state index contributed by atoms with van der Waals surface area (Å²) in [5.74, 6) is 0.133. The lowest BCUT2D eigenvalue weighted by atomic mass is 10.0. The number of benzene rings is 3. The molecule has 2 amide bonds. The predicted octanol–water partition coefficient (Wildman–Crippen LogP) is 5.98. The highest BCUT2D eigenvalue weighted by Crippen LogP contribution is 2.37. The van der Waals surface area contributed by atoms with Crippen molar-refractivity contribution in [2.75, 3.05) is 6.61 Å². The Kier molecular flexibility index (Phi) is 10.5. The van der Waals surface area contributed by atoms with Crippen molar-refractivity contribution in [3.63, 3.8) is 0 Å². The van der Waals surface area contributed by atoms with Crippen molar-refractivity contribution in [3.05, 3.63) is 92.9 Å². The van der Waals surface area contributed by atoms with Crippen LogP contribution in [0.4, 0.5) is 0 Å². The molecule has 3 aromatic carbocycles. The van der Waals surface area contributed by atoms with Gasteiger partial charge in [-0.2, -0.15) is 5.10 Å². The zero-order chi connectivity index (χ0) is 26.8. The molecule has 3 rings (SSSR count). The van der Waals surface area contributed by atoms with Gasteiger partial charge in [0.25, 0.3) is 11.8 Å². The molecule has 7 nitrogen and oxygen atoms in total. The van der Waals surface area contributed by atoms with Gasteiger partial charge < -0.3 is 14.8 Å². The van der Waals surface area contributed by atoms with Gasteiger partial charge in [-0.15, -0.1) is 0 Å². The zero-order valence-corrected chi connectivity index (χ0v) is 23.2. The molecule has 0 heterocycles. The highest BCUT2D eigenvalue weighted by molar-refractivity contribution is 9.10. The third-order valence-corrected chi connectivity index (χ3v) is 6.09. The van der Waals surface area contributed by atoms with E-state index in [1.54, 1.807) is 30.3 Å². The van der Waals surface area contributed by atoms with Gasteiger partial charge in [-0.1, -0.05) is 61.8 Å². The molecule has 37 heavy (non-hydrogen) atoms. The van der Waals surface area contributed by atoms with Crippen LogP contribution in [0, 0.1) is 5.92 Å². The van der Waals surface area contributed by atoms with Gasteiger partial charge in [-0.3, -0.25) is 9.59 Å². The quantitative estimate of drug-likeness (QED) is 0.214. The van der Waals surface area contributed by atoms with Crippen molar-refractivity contribution < 1.29 is 19.1 Å². The molecule has 0 radical (unpaired) electrons. The maximum atomic E-state index is 12.8. The first-order valence-electron chi connectivity index (χ1n) is 11.8. The van der Waals surface area contributed by atoms with Crippen LogP contribution in [0.25, 0.3) is 0 Å². The van der Waals surface area contributed by atoms with Gasteiger partial charge in [-0.25, -0.2) is 5.43 Å². The second-order valence-electron chi connectivity index (χ2n) is 8.48. The fourth-order valence-electron chi connectivity index (χ4n) is 3.42. The van der Waals surface area contributed by atoms with E-state index in [4.69, 9.17) is 21.1 Å². The Morgan fingerprint density at radius 2 is 1.81 bits per heavy atom. The molecule has 0 aromatic heterocycles. The number of hydrazone groups is 1. The van der Waals surface area contributed by atoms with E-state index in [0.29, 0.717) is 45.3 Å². The number of hydrogen-bond donors (Lipinski definition) is 2. The van der Waals surface area contributed by atoms with Crippen molar-refractivity contribution in [2.45, 2.75) is 33.4 Å². The number of carbonyl (C=O) groups is 2. The average molecular weight is 587 g/mol. The Balaban J connectivity index is 1.68. The maximum Gasteiger partial charge on any atom is 0.262 e. The average Bonchev–Trinajstić information content (AvgIpc) is 2.87. The summed E-state index contributed by atoms with van der Waals surface area (Å²) in [5, 5.41) is 7.28. The number of nitrogens with one attached hydrogen (secondary N) is 2. The molecule has 0 aliphatic rings. The standard InChI is InChI=1S/C28H29BrClN3O4/c1-4-36-24-14-20(13-23(29)26(24)37-17-19-9-6-5-7-10-19)16-31-33-28(35)25(18(2)3)32-27(34)21-11-8-12-22(30)15-21/h5-16,18,25H,4,17H2,1-3H3,(H,32,34)(H,33,35)/b31-16+. The van der Waals surface area contributed by atoms with Crippen molar-refractivity contribution in [1.29, 1.82) is 0 Å². The summed E-state index contributed by atoms with van der Waals surface area (Å²) in [6.07, 6.45) is 1.50. The molecule has 0 saturated heterocycles. The molecule has 2 N–H and O–H groups in total. The normalized spacial score (nSPS) is 11.8. The van der Waals surface area contributed by atoms with E-state index in [0.717, 1.165) is 5.56 Å². The first-order valence-corrected chi connectivity index (χ1v) is 13.0. The first-order chi connectivity index (χ1) is 17.8. The number of ether oxygens (including phenoxy) is 2. The smallest absolute Gasteiger partial charge is 0.262 e. The number of hydrogen-bond acceptors (Lipinski definition) is 5. The zero-order valence-electron chi connectivity index (χ0n) is 20.8. The third-order valence-electron chi connectivity index (χ3n) is 5.27. The Hall–Kier alpha value is -3.36. The molecule has 194 valence electrons. The van der Waals surface area contributed by atoms with Gasteiger partial charge in [0.1, 0.15) is 12.6 Å². The van der Waals surface area contributed by atoms with Gasteiger partial charge in [0.15, 0.2) is 11.5 Å². The second-order valence-corrected chi connectivity index (χ2v) is 9.77. The lowest BCUT2D eigenvalue weighted by Gasteiger charge is -2.20. The van der Waals surface area contributed by atoms with E-state index in [1.165, 1.54) is 6.21 Å². The molecule has 0 saturated carbocycles. The summed E-state index contributed by atoms with van der Waals surface area (Å²) in [4.78, 5) is 25.4. The van der Waals surface area contributed by atoms with Crippen LogP contribution in [-0.4, -0.2) is 30.7 Å². The first kappa shape index (κ1) is 28.2. The topological polar surface area (TPSA) is 89.0 Å². The summed E-state index contributed by atoms with van der Waals surface area (Å²) >= 11 is 9.52. The van der Waals surface area contributed by atoms with Crippen molar-refractivity contribution in [2.24, 2.45) is 11.0 Å². The van der Waals surface area contributed by atoms with Gasteiger partial charge in [0.2, 0.25) is 0 Å². The van der Waals surface area contributed by atoms with Gasteiger partial charge in [-0.05, 0) is 70.2 Å². The van der Waals surface area contributed by atoms with Gasteiger partial charge in [0, 0.05) is 10.6 Å². The largest absolute Gasteiger partial charge is 0.490 e. The highest BCUT2D eigenvalue weighted by atomic mass is 79.9. The summed E-state index contributed by atoms with van der Waals surface area (Å²) in [6.45, 7) is 6.41. The van der Waals surface area contributed by atoms with Crippen LogP contribution < -0.4 is 20.2 Å². The van der Waals surface area contributed by atoms with Gasteiger partial charge >= 0.3 is 0 Å². The fourth-order valence-corrected chi connectivity index (χ4v) is 4.19. The molecule has 9 heteroatoms. The van der Waals surface area contributed by atoms with Crippen LogP contribution in [0.15, 0.2) is 76.3 Å². The Morgan fingerprint density at radius 1 is 1.05 bits per heavy atom. The number of carbonyl (C=O) groups excluding carboxylic acids is 2. The number of halogens is 2. The molecular formula is C28H29BrClN3O4. The minimum Gasteiger partial charge on any atom is -0.490 e. The number of rotatable bonds is 11. The summed E-state index contributed by atoms with van der Waals surface area (Å²) in [5.41, 5.74) is 4.61. The van der Waals surface area contributed by atoms with E-state index in [1.807, 2.05) is 57.2 Å². The molecule has 0 aliphatic carbocycles. The second kappa shape index (κ2) is 13.8. The van der Waals surface area contributed by atoms with Crippen LogP contribution in [0.5, 0.6) is 11.5 Å². The summed E-state index contributed by atoms with van der Waals surface area (Å²) in [6, 6.07) is 19.2. The summed E-state index contributed by atoms with van der Waals surface area (Å²) < 4.78 is 12.5. The minimum absolute atomic E-state index is 0.168. The Bertz CT molecular complexity index is 1250. The van der Waals surface area contributed by atoms with Crippen molar-refractivity contribution >= 4 is 45.6 Å². The van der Waals surface area contributed by atoms with Crippen LogP contribution in [0.1, 0.15) is 42.3 Å². The SMILES string of the molecule is CCOc1cc(/C=N/NC(=O)C(NC(=O)c2cccc(Cl)c2)C(C)C)cc(Br)c1OCc1ccccc1. The molecule has 3 aromatic rings. The Labute approximate surface area is 230 Å². The molecular weight excluding hydrogens is 558 g/mol. The fraction of sp³-hybridized carbons (Fsp3) is 0.250. The van der Waals surface area contributed by atoms with Crippen molar-refractivity contribution in [1.82, 2.24) is 10.7 Å². The molecule has 0 bridgehead atoms. The number of nitrogens with zero attached hydrogens (tertiary/aromatic N) is 1. The monoisotopic (exact) mass is 585 g/mol. The van der Waals surface area contributed by atoms with Crippen LogP contribution in [0.2, 0.25) is 5.02 Å². The van der Waals surface area contributed by atoms with Crippen LogP contribution in [0.3, 0.4) is 0 Å². The minimum atomic E-state index is -0.789. The molecule has 0 spiro atoms. The van der Waals surface area contributed by atoms with E-state index in [9.17, 15) is 9.59 Å². The highest BCUT2D eigenvalue weighted by Gasteiger charge is 2.24. The molecule has 1 unspecified atom stereocenters. The van der Waals surface area contributed by atoms with E-state index < -0.39 is 17.9 Å². The summed E-state index contributed by atoms with van der Waals surface area (Å²) in [7, 11) is 0. The van der Waals surface area contributed by atoms with E-state index in [-0.39, 0.29) is 5.92 Å². The maximum absolute atomic E-state index is 12.8. The molecule has 0 fully saturated rings. The van der Waals surface area contributed by atoms with E-state index in [2.05, 4.69) is 31.8 Å². The Morgan fingerprint density at radius 3 is 2.49 bits per heavy atom. The third kappa shape index (κ3) is 8.33. The lowest BCUT2D eigenvalue weighted by Crippen LogP contribution is -2.48.